The van der Waals surface area contributed by atoms with Crippen LogP contribution >= 0.6 is 0 Å². The van der Waals surface area contributed by atoms with Crippen LogP contribution in [0.15, 0.2) is 35.4 Å². The van der Waals surface area contributed by atoms with E-state index < -0.39 is 11.4 Å². The first-order valence-electron chi connectivity index (χ1n) is 15.1. The fraction of sp³-hybridized carbons (Fsp3) is 0.750. The van der Waals surface area contributed by atoms with E-state index in [0.717, 1.165) is 45.3 Å². The number of hydrogen-bond acceptors (Lipinski definition) is 6. The monoisotopic (exact) mass is 522 g/mol. The van der Waals surface area contributed by atoms with Crippen molar-refractivity contribution in [1.29, 1.82) is 0 Å². The highest BCUT2D eigenvalue weighted by molar-refractivity contribution is 5.50. The Balaban J connectivity index is 1.33. The van der Waals surface area contributed by atoms with Gasteiger partial charge in [0, 0.05) is 51.0 Å². The van der Waals surface area contributed by atoms with Gasteiger partial charge in [0.1, 0.15) is 5.72 Å². The Morgan fingerprint density at radius 2 is 1.71 bits per heavy atom. The SMILES string of the molecule is CN(C)c1ccc(C2CC3(C)C(CCC3C3(C)NCCO3)C3CC[C@@]4(O)CC5(CCC4=C23)OCCO5)cc1. The Morgan fingerprint density at radius 1 is 0.947 bits per heavy atom. The van der Waals surface area contributed by atoms with E-state index in [-0.39, 0.29) is 11.1 Å². The number of hydrogen-bond donors (Lipinski definition) is 2. The molecular formula is C32H46N2O4. The van der Waals surface area contributed by atoms with E-state index in [4.69, 9.17) is 14.2 Å². The molecule has 6 aliphatic rings. The number of fused-ring (bicyclic) bond motifs is 4. The number of allylic oxidation sites excluding steroid dienone is 1. The van der Waals surface area contributed by atoms with Crippen molar-refractivity contribution in [2.24, 2.45) is 23.2 Å². The van der Waals surface area contributed by atoms with E-state index in [0.29, 0.717) is 43.3 Å². The molecule has 6 unspecified atom stereocenters. The maximum absolute atomic E-state index is 12.3. The summed E-state index contributed by atoms with van der Waals surface area (Å²) in [5.74, 6) is 1.39. The lowest BCUT2D eigenvalue weighted by atomic mass is 9.49. The highest BCUT2D eigenvalue weighted by Crippen LogP contribution is 2.68. The molecule has 2 N–H and O–H groups in total. The van der Waals surface area contributed by atoms with Crippen LogP contribution in [-0.4, -0.2) is 62.7 Å². The molecule has 6 heteroatoms. The average molecular weight is 523 g/mol. The van der Waals surface area contributed by atoms with Crippen molar-refractivity contribution < 1.29 is 19.3 Å². The lowest BCUT2D eigenvalue weighted by Gasteiger charge is -2.57. The summed E-state index contributed by atoms with van der Waals surface area (Å²) in [5, 5.41) is 16.0. The molecule has 0 aromatic heterocycles. The number of nitrogens with one attached hydrogen (secondary N) is 1. The van der Waals surface area contributed by atoms with Crippen LogP contribution in [-0.2, 0) is 14.2 Å². The van der Waals surface area contributed by atoms with E-state index in [1.807, 2.05) is 0 Å². The van der Waals surface area contributed by atoms with Crippen molar-refractivity contribution in [1.82, 2.24) is 5.32 Å². The second-order valence-electron chi connectivity index (χ2n) is 13.8. The summed E-state index contributed by atoms with van der Waals surface area (Å²) in [6.45, 7) is 7.91. The molecule has 0 radical (unpaired) electrons. The number of aliphatic hydroxyl groups is 1. The third-order valence-electron chi connectivity index (χ3n) is 11.7. The number of rotatable bonds is 3. The van der Waals surface area contributed by atoms with Gasteiger partial charge in [-0.15, -0.1) is 0 Å². The van der Waals surface area contributed by atoms with Gasteiger partial charge in [0.05, 0.1) is 25.4 Å². The number of benzene rings is 1. The van der Waals surface area contributed by atoms with Crippen molar-refractivity contribution in [3.05, 3.63) is 41.0 Å². The first kappa shape index (κ1) is 25.5. The Kier molecular flexibility index (Phi) is 5.90. The standard InChI is InChI=1S/C32H46N2O4/c1-29-19-24(21-5-7-22(8-6-21)34(3)4)28-23(25(29)9-10-27(29)30(2)33-15-16-36-30)11-13-31(35)20-32(14-12-26(28)31)37-17-18-38-32/h5-8,23-25,27,33,35H,9-20H2,1-4H3/t23?,24?,25?,27?,29?,30?,31-/m1/s1. The van der Waals surface area contributed by atoms with Crippen molar-refractivity contribution in [3.8, 4) is 0 Å². The zero-order chi connectivity index (χ0) is 26.3. The second-order valence-corrected chi connectivity index (χ2v) is 13.8. The summed E-state index contributed by atoms with van der Waals surface area (Å²) in [4.78, 5) is 2.17. The van der Waals surface area contributed by atoms with Crippen molar-refractivity contribution in [2.75, 3.05) is 45.4 Å². The van der Waals surface area contributed by atoms with Gasteiger partial charge in [-0.2, -0.15) is 0 Å². The third kappa shape index (κ3) is 3.70. The van der Waals surface area contributed by atoms with Crippen LogP contribution in [0.4, 0.5) is 5.69 Å². The smallest absolute Gasteiger partial charge is 0.171 e. The first-order chi connectivity index (χ1) is 18.2. The van der Waals surface area contributed by atoms with Gasteiger partial charge in [0.2, 0.25) is 0 Å². The van der Waals surface area contributed by atoms with Gasteiger partial charge in [-0.3, -0.25) is 5.32 Å². The average Bonchev–Trinajstić information content (AvgIpc) is 3.62. The van der Waals surface area contributed by atoms with Crippen LogP contribution < -0.4 is 10.2 Å². The molecule has 7 rings (SSSR count). The van der Waals surface area contributed by atoms with E-state index in [1.54, 1.807) is 5.57 Å². The minimum Gasteiger partial charge on any atom is -0.385 e. The Morgan fingerprint density at radius 3 is 2.39 bits per heavy atom. The fourth-order valence-electron chi connectivity index (χ4n) is 10.1. The first-order valence-corrected chi connectivity index (χ1v) is 15.1. The predicted molar refractivity (Wildman–Crippen MR) is 148 cm³/mol. The van der Waals surface area contributed by atoms with Crippen LogP contribution in [0.3, 0.4) is 0 Å². The summed E-state index contributed by atoms with van der Waals surface area (Å²) in [7, 11) is 4.21. The van der Waals surface area contributed by atoms with E-state index >= 15 is 0 Å². The Labute approximate surface area is 228 Å². The molecule has 2 heterocycles. The van der Waals surface area contributed by atoms with Crippen LogP contribution in [0.2, 0.25) is 0 Å². The van der Waals surface area contributed by atoms with Crippen molar-refractivity contribution in [3.63, 3.8) is 0 Å². The third-order valence-corrected chi connectivity index (χ3v) is 11.7. The summed E-state index contributed by atoms with van der Waals surface area (Å²) in [6, 6.07) is 9.24. The van der Waals surface area contributed by atoms with Crippen LogP contribution in [0, 0.1) is 23.2 Å². The minimum atomic E-state index is -0.815. The topological polar surface area (TPSA) is 63.2 Å². The molecule has 1 spiro atoms. The van der Waals surface area contributed by atoms with E-state index in [9.17, 15) is 5.11 Å². The molecule has 7 atom stereocenters. The van der Waals surface area contributed by atoms with Crippen molar-refractivity contribution in [2.45, 2.75) is 88.2 Å². The molecule has 208 valence electrons. The molecule has 1 aromatic rings. The number of anilines is 1. The van der Waals surface area contributed by atoms with Crippen LogP contribution in [0.1, 0.15) is 76.7 Å². The quantitative estimate of drug-likeness (QED) is 0.547. The highest BCUT2D eigenvalue weighted by Gasteiger charge is 2.63. The number of ether oxygens (including phenoxy) is 3. The molecule has 5 fully saturated rings. The van der Waals surface area contributed by atoms with Gasteiger partial charge in [0.15, 0.2) is 5.79 Å². The molecule has 2 aliphatic heterocycles. The van der Waals surface area contributed by atoms with Crippen molar-refractivity contribution >= 4 is 5.69 Å². The molecule has 1 aromatic carbocycles. The minimum absolute atomic E-state index is 0.189. The molecule has 38 heavy (non-hydrogen) atoms. The van der Waals surface area contributed by atoms with Gasteiger partial charge in [-0.05, 0) is 86.0 Å². The maximum atomic E-state index is 12.3. The molecular weight excluding hydrogens is 476 g/mol. The summed E-state index contributed by atoms with van der Waals surface area (Å²) in [6.07, 6.45) is 7.77. The number of nitrogens with zero attached hydrogens (tertiary/aromatic N) is 1. The summed E-state index contributed by atoms with van der Waals surface area (Å²) >= 11 is 0. The van der Waals surface area contributed by atoms with Crippen LogP contribution in [0.5, 0.6) is 0 Å². The normalized spacial score (nSPS) is 43.7. The van der Waals surface area contributed by atoms with Gasteiger partial charge in [0.25, 0.3) is 0 Å². The van der Waals surface area contributed by atoms with Gasteiger partial charge in [-0.1, -0.05) is 24.6 Å². The lowest BCUT2D eigenvalue weighted by Crippen LogP contribution is -2.56. The second kappa shape index (κ2) is 8.78. The lowest BCUT2D eigenvalue weighted by molar-refractivity contribution is -0.208. The zero-order valence-corrected chi connectivity index (χ0v) is 23.7. The summed E-state index contributed by atoms with van der Waals surface area (Å²) in [5.41, 5.74) is 4.66. The molecule has 2 saturated heterocycles. The van der Waals surface area contributed by atoms with E-state index in [2.05, 4.69) is 62.4 Å². The van der Waals surface area contributed by atoms with Gasteiger partial charge < -0.3 is 24.2 Å². The molecule has 6 nitrogen and oxygen atoms in total. The largest absolute Gasteiger partial charge is 0.385 e. The van der Waals surface area contributed by atoms with E-state index in [1.165, 1.54) is 29.7 Å². The zero-order valence-electron chi connectivity index (χ0n) is 23.7. The highest BCUT2D eigenvalue weighted by atomic mass is 16.7. The van der Waals surface area contributed by atoms with Gasteiger partial charge >= 0.3 is 0 Å². The molecule has 0 amide bonds. The summed E-state index contributed by atoms with van der Waals surface area (Å²) < 4.78 is 18.6. The molecule has 4 aliphatic carbocycles. The van der Waals surface area contributed by atoms with Crippen LogP contribution in [0.25, 0.3) is 0 Å². The molecule has 3 saturated carbocycles. The molecule has 0 bridgehead atoms. The predicted octanol–water partition coefficient (Wildman–Crippen LogP) is 4.97. The fourth-order valence-corrected chi connectivity index (χ4v) is 10.1. The Bertz CT molecular complexity index is 1100. The Hall–Kier alpha value is -1.44. The van der Waals surface area contributed by atoms with Gasteiger partial charge in [-0.25, -0.2) is 0 Å². The maximum Gasteiger partial charge on any atom is 0.171 e.